The van der Waals surface area contributed by atoms with Gasteiger partial charge in [-0.2, -0.15) is 0 Å². The summed E-state index contributed by atoms with van der Waals surface area (Å²) in [6, 6.07) is 6.85. The number of nitrogens with zero attached hydrogens (tertiary/aromatic N) is 4. The summed E-state index contributed by atoms with van der Waals surface area (Å²) in [4.78, 5) is 11.8. The Kier molecular flexibility index (Phi) is 11.9. The van der Waals surface area contributed by atoms with Crippen LogP contribution < -0.4 is 11.1 Å². The number of allylic oxidation sites excluding steroid dienone is 4. The van der Waals surface area contributed by atoms with Crippen LogP contribution >= 0.6 is 0 Å². The summed E-state index contributed by atoms with van der Waals surface area (Å²) in [6.07, 6.45) is 11.1. The zero-order chi connectivity index (χ0) is 31.9. The van der Waals surface area contributed by atoms with Gasteiger partial charge in [-0.1, -0.05) is 82.2 Å². The van der Waals surface area contributed by atoms with Crippen molar-refractivity contribution in [1.29, 1.82) is 0 Å². The molecule has 0 aromatic heterocycles. The summed E-state index contributed by atoms with van der Waals surface area (Å²) in [7, 11) is 4.26. The fourth-order valence-corrected chi connectivity index (χ4v) is 5.95. The molecule has 43 heavy (non-hydrogen) atoms. The molecule has 2 aliphatic heterocycles. The van der Waals surface area contributed by atoms with Gasteiger partial charge in [-0.05, 0) is 75.7 Å². The SMILES string of the molecule is C=C(CCc1ccc(C)cc1C(=C)C)NC(C)(C)CN(C)C1=CC(N2CC(N)C2)=N/C(=C/C(=C)C(C)CCCCC)N1C. The van der Waals surface area contributed by atoms with E-state index in [2.05, 4.69) is 126 Å². The average molecular weight is 587 g/mol. The van der Waals surface area contributed by atoms with E-state index in [4.69, 9.17) is 10.7 Å². The molecule has 1 aromatic rings. The number of likely N-dealkylation sites (tertiary alicyclic amines) is 1. The first-order valence-corrected chi connectivity index (χ1v) is 16.1. The number of likely N-dealkylation sites (N-methyl/N-ethyl adjacent to an activating group) is 1. The number of aliphatic imine (C=N–C) groups is 1. The Morgan fingerprint density at radius 3 is 2.56 bits per heavy atom. The number of nitrogens with two attached hydrogens (primary N) is 1. The number of nitrogens with one attached hydrogen (secondary N) is 1. The van der Waals surface area contributed by atoms with Crippen LogP contribution in [-0.4, -0.2) is 65.8 Å². The first-order chi connectivity index (χ1) is 20.2. The molecule has 3 N–H and O–H groups in total. The number of benzene rings is 1. The molecule has 0 radical (unpaired) electrons. The molecule has 3 rings (SSSR count). The van der Waals surface area contributed by atoms with Gasteiger partial charge < -0.3 is 25.8 Å². The predicted molar refractivity (Wildman–Crippen MR) is 187 cm³/mol. The molecule has 0 saturated carbocycles. The Morgan fingerprint density at radius 1 is 1.23 bits per heavy atom. The number of rotatable bonds is 15. The largest absolute Gasteiger partial charge is 0.382 e. The molecule has 2 heterocycles. The molecular formula is C37H58N6. The standard InChI is InChI=1S/C37H58N6/c1-12-13-14-15-28(5)29(6)21-34-39-35(43-23-32(38)24-43)22-36(42(34)11)41(10)25-37(8,9)40-30(7)17-19-31-18-16-27(4)20-33(31)26(2)3/h16,18,20-22,28,32,40H,2,6-7,12-15,17,19,23-25,38H2,1,3-5,8-11H3/b34-21-. The van der Waals surface area contributed by atoms with Crippen LogP contribution in [0.2, 0.25) is 0 Å². The zero-order valence-electron chi connectivity index (χ0n) is 28.4. The number of amidine groups is 1. The van der Waals surface area contributed by atoms with Crippen LogP contribution in [0.4, 0.5) is 0 Å². The van der Waals surface area contributed by atoms with Crippen LogP contribution in [0, 0.1) is 12.8 Å². The second kappa shape index (κ2) is 15.0. The Balaban J connectivity index is 1.70. The van der Waals surface area contributed by atoms with Crippen molar-refractivity contribution in [2.45, 2.75) is 91.6 Å². The molecule has 0 amide bonds. The lowest BCUT2D eigenvalue weighted by Crippen LogP contribution is -2.58. The normalized spacial score (nSPS) is 17.3. The van der Waals surface area contributed by atoms with Crippen molar-refractivity contribution in [2.75, 3.05) is 33.7 Å². The maximum absolute atomic E-state index is 6.14. The van der Waals surface area contributed by atoms with Crippen LogP contribution in [0.15, 0.2) is 78.0 Å². The highest BCUT2D eigenvalue weighted by Gasteiger charge is 2.31. The summed E-state index contributed by atoms with van der Waals surface area (Å²) in [5.41, 5.74) is 13.1. The van der Waals surface area contributed by atoms with Crippen molar-refractivity contribution in [3.8, 4) is 0 Å². The molecule has 1 unspecified atom stereocenters. The monoisotopic (exact) mass is 586 g/mol. The maximum atomic E-state index is 6.14. The van der Waals surface area contributed by atoms with E-state index in [1.54, 1.807) is 0 Å². The molecule has 1 saturated heterocycles. The molecule has 6 heteroatoms. The van der Waals surface area contributed by atoms with E-state index in [0.717, 1.165) is 73.2 Å². The van der Waals surface area contributed by atoms with E-state index in [1.807, 2.05) is 0 Å². The minimum atomic E-state index is -0.201. The highest BCUT2D eigenvalue weighted by Crippen LogP contribution is 2.28. The van der Waals surface area contributed by atoms with Crippen molar-refractivity contribution in [3.63, 3.8) is 0 Å². The van der Waals surface area contributed by atoms with Crippen LogP contribution in [0.5, 0.6) is 0 Å². The van der Waals surface area contributed by atoms with Gasteiger partial charge in [-0.15, -0.1) is 0 Å². The van der Waals surface area contributed by atoms with Gasteiger partial charge in [0.2, 0.25) is 0 Å². The third-order valence-corrected chi connectivity index (χ3v) is 8.56. The van der Waals surface area contributed by atoms with Gasteiger partial charge in [0, 0.05) is 57.1 Å². The smallest absolute Gasteiger partial charge is 0.136 e. The maximum Gasteiger partial charge on any atom is 0.136 e. The van der Waals surface area contributed by atoms with Crippen LogP contribution in [0.25, 0.3) is 5.57 Å². The average Bonchev–Trinajstić information content (AvgIpc) is 2.91. The molecule has 236 valence electrons. The van der Waals surface area contributed by atoms with Gasteiger partial charge in [0.15, 0.2) is 0 Å². The number of unbranched alkanes of at least 4 members (excludes halogenated alkanes) is 2. The Bertz CT molecular complexity index is 1260. The van der Waals surface area contributed by atoms with Gasteiger partial charge in [-0.25, -0.2) is 4.99 Å². The van der Waals surface area contributed by atoms with Crippen LogP contribution in [-0.2, 0) is 6.42 Å². The third kappa shape index (κ3) is 9.62. The number of hydrogen-bond donors (Lipinski definition) is 2. The van der Waals surface area contributed by atoms with E-state index in [-0.39, 0.29) is 11.6 Å². The summed E-state index contributed by atoms with van der Waals surface area (Å²) >= 11 is 0. The van der Waals surface area contributed by atoms with Crippen LogP contribution in [0.1, 0.15) is 83.4 Å². The second-order valence-electron chi connectivity index (χ2n) is 13.6. The third-order valence-electron chi connectivity index (χ3n) is 8.56. The molecular weight excluding hydrogens is 528 g/mol. The topological polar surface area (TPSA) is 60.1 Å². The lowest BCUT2D eigenvalue weighted by atomic mass is 9.95. The van der Waals surface area contributed by atoms with Gasteiger partial charge in [0.1, 0.15) is 17.5 Å². The first kappa shape index (κ1) is 34.2. The molecule has 1 fully saturated rings. The van der Waals surface area contributed by atoms with Crippen molar-refractivity contribution < 1.29 is 0 Å². The molecule has 6 nitrogen and oxygen atoms in total. The number of aryl methyl sites for hydroxylation is 2. The first-order valence-electron chi connectivity index (χ1n) is 16.1. The molecule has 1 atom stereocenters. The van der Waals surface area contributed by atoms with E-state index in [1.165, 1.54) is 36.0 Å². The van der Waals surface area contributed by atoms with Gasteiger partial charge in [0.05, 0.1) is 0 Å². The highest BCUT2D eigenvalue weighted by molar-refractivity contribution is 5.95. The summed E-state index contributed by atoms with van der Waals surface area (Å²) in [5.74, 6) is 3.43. The molecule has 2 aliphatic rings. The molecule has 0 aliphatic carbocycles. The minimum absolute atomic E-state index is 0.201. The fraction of sp³-hybridized carbons (Fsp3) is 0.541. The van der Waals surface area contributed by atoms with E-state index < -0.39 is 0 Å². The van der Waals surface area contributed by atoms with Gasteiger partial charge >= 0.3 is 0 Å². The van der Waals surface area contributed by atoms with Gasteiger partial charge in [0.25, 0.3) is 0 Å². The van der Waals surface area contributed by atoms with Gasteiger partial charge in [-0.3, -0.25) is 0 Å². The lowest BCUT2D eigenvalue weighted by Gasteiger charge is -2.43. The van der Waals surface area contributed by atoms with Crippen molar-refractivity contribution in [1.82, 2.24) is 20.0 Å². The van der Waals surface area contributed by atoms with Crippen LogP contribution in [0.3, 0.4) is 0 Å². The molecule has 0 bridgehead atoms. The number of hydrogen-bond acceptors (Lipinski definition) is 6. The Hall–Kier alpha value is -3.25. The minimum Gasteiger partial charge on any atom is -0.382 e. The van der Waals surface area contributed by atoms with E-state index >= 15 is 0 Å². The predicted octanol–water partition coefficient (Wildman–Crippen LogP) is 7.22. The lowest BCUT2D eigenvalue weighted by molar-refractivity contribution is 0.228. The molecule has 0 spiro atoms. The van der Waals surface area contributed by atoms with Crippen molar-refractivity contribution in [3.05, 3.63) is 89.7 Å². The van der Waals surface area contributed by atoms with Crippen molar-refractivity contribution in [2.24, 2.45) is 16.6 Å². The van der Waals surface area contributed by atoms with Crippen molar-refractivity contribution >= 4 is 11.4 Å². The highest BCUT2D eigenvalue weighted by atomic mass is 15.4. The van der Waals surface area contributed by atoms with E-state index in [9.17, 15) is 0 Å². The van der Waals surface area contributed by atoms with E-state index in [0.29, 0.717) is 5.92 Å². The zero-order valence-corrected chi connectivity index (χ0v) is 28.4. The fourth-order valence-electron chi connectivity index (χ4n) is 5.95. The Morgan fingerprint density at radius 2 is 1.93 bits per heavy atom. The summed E-state index contributed by atoms with van der Waals surface area (Å²) in [5, 5.41) is 3.73. The summed E-state index contributed by atoms with van der Waals surface area (Å²) in [6.45, 7) is 28.7. The summed E-state index contributed by atoms with van der Waals surface area (Å²) < 4.78 is 0. The molecule has 1 aromatic carbocycles. The second-order valence-corrected chi connectivity index (χ2v) is 13.6. The quantitative estimate of drug-likeness (QED) is 0.213. The Labute approximate surface area is 262 Å².